The van der Waals surface area contributed by atoms with E-state index >= 15 is 0 Å². The van der Waals surface area contributed by atoms with Gasteiger partial charge in [-0.2, -0.15) is 0 Å². The number of methoxy groups -OCH3 is 1. The molecule has 1 fully saturated rings. The molecule has 1 aliphatic heterocycles. The van der Waals surface area contributed by atoms with E-state index in [1.165, 1.54) is 6.92 Å². The number of carbonyl (C=O) groups excluding carboxylic acids is 1. The summed E-state index contributed by atoms with van der Waals surface area (Å²) in [5, 5.41) is 0. The topological polar surface area (TPSA) is 44.8 Å². The van der Waals surface area contributed by atoms with E-state index < -0.39 is 11.7 Å². The first-order chi connectivity index (χ1) is 9.78. The molecule has 1 saturated heterocycles. The minimum Gasteiger partial charge on any atom is -0.456 e. The fourth-order valence-electron chi connectivity index (χ4n) is 3.10. The Morgan fingerprint density at radius 2 is 2.05 bits per heavy atom. The molecule has 0 spiro atoms. The van der Waals surface area contributed by atoms with Gasteiger partial charge in [0, 0.05) is 14.0 Å². The van der Waals surface area contributed by atoms with Crippen molar-refractivity contribution in [2.24, 2.45) is 11.8 Å². The first kappa shape index (κ1) is 18.0. The quantitative estimate of drug-likeness (QED) is 0.558. The SMILES string of the molecule is C=C=C[C@@]1(OC)[C@H](OC(C)=O)[C@@H](CC(C)C)O[C@H]1C(C)C. The van der Waals surface area contributed by atoms with Gasteiger partial charge in [0.2, 0.25) is 0 Å². The van der Waals surface area contributed by atoms with Crippen LogP contribution in [-0.2, 0) is 19.0 Å². The molecule has 0 aromatic carbocycles. The molecule has 0 bridgehead atoms. The van der Waals surface area contributed by atoms with Crippen molar-refractivity contribution in [2.75, 3.05) is 7.11 Å². The van der Waals surface area contributed by atoms with Crippen LogP contribution in [0.25, 0.3) is 0 Å². The average molecular weight is 296 g/mol. The predicted octanol–water partition coefficient (Wildman–Crippen LogP) is 3.11. The van der Waals surface area contributed by atoms with Gasteiger partial charge in [-0.1, -0.05) is 34.3 Å². The van der Waals surface area contributed by atoms with Gasteiger partial charge >= 0.3 is 5.97 Å². The summed E-state index contributed by atoms with van der Waals surface area (Å²) in [6, 6.07) is 0. The molecular formula is C17H28O4. The van der Waals surface area contributed by atoms with Crippen molar-refractivity contribution >= 4 is 5.97 Å². The summed E-state index contributed by atoms with van der Waals surface area (Å²) in [6.45, 7) is 13.4. The van der Waals surface area contributed by atoms with E-state index in [0.717, 1.165) is 6.42 Å². The van der Waals surface area contributed by atoms with E-state index in [-0.39, 0.29) is 24.1 Å². The van der Waals surface area contributed by atoms with Crippen molar-refractivity contribution in [3.63, 3.8) is 0 Å². The molecule has 0 aliphatic carbocycles. The second-order valence-corrected chi connectivity index (χ2v) is 6.40. The van der Waals surface area contributed by atoms with Crippen molar-refractivity contribution in [2.45, 2.75) is 65.0 Å². The van der Waals surface area contributed by atoms with E-state index in [4.69, 9.17) is 14.2 Å². The maximum Gasteiger partial charge on any atom is 0.303 e. The predicted molar refractivity (Wildman–Crippen MR) is 82.0 cm³/mol. The smallest absolute Gasteiger partial charge is 0.303 e. The van der Waals surface area contributed by atoms with Crippen LogP contribution in [0.1, 0.15) is 41.0 Å². The van der Waals surface area contributed by atoms with E-state index in [0.29, 0.717) is 5.92 Å². The lowest BCUT2D eigenvalue weighted by Gasteiger charge is -2.35. The summed E-state index contributed by atoms with van der Waals surface area (Å²) in [5.74, 6) is 0.312. The minimum atomic E-state index is -0.832. The number of carbonyl (C=O) groups is 1. The lowest BCUT2D eigenvalue weighted by molar-refractivity contribution is -0.160. The lowest BCUT2D eigenvalue weighted by Crippen LogP contribution is -2.51. The third-order valence-electron chi connectivity index (χ3n) is 3.83. The first-order valence-corrected chi connectivity index (χ1v) is 7.53. The zero-order valence-corrected chi connectivity index (χ0v) is 14.0. The fraction of sp³-hybridized carbons (Fsp3) is 0.765. The maximum atomic E-state index is 11.5. The highest BCUT2D eigenvalue weighted by molar-refractivity contribution is 5.66. The van der Waals surface area contributed by atoms with Gasteiger partial charge in [-0.25, -0.2) is 0 Å². The van der Waals surface area contributed by atoms with Crippen molar-refractivity contribution in [1.29, 1.82) is 0 Å². The molecule has 0 aromatic heterocycles. The molecule has 1 heterocycles. The second-order valence-electron chi connectivity index (χ2n) is 6.40. The Morgan fingerprint density at radius 3 is 2.43 bits per heavy atom. The Bertz CT molecular complexity index is 409. The minimum absolute atomic E-state index is 0.189. The molecule has 21 heavy (non-hydrogen) atoms. The number of esters is 1. The summed E-state index contributed by atoms with van der Waals surface area (Å²) in [7, 11) is 1.61. The lowest BCUT2D eigenvalue weighted by atomic mass is 9.83. The second kappa shape index (κ2) is 7.26. The van der Waals surface area contributed by atoms with E-state index in [9.17, 15) is 4.79 Å². The molecule has 0 saturated carbocycles. The van der Waals surface area contributed by atoms with E-state index in [1.807, 2.05) is 0 Å². The third-order valence-corrected chi connectivity index (χ3v) is 3.83. The molecule has 0 radical (unpaired) electrons. The van der Waals surface area contributed by atoms with Crippen LogP contribution >= 0.6 is 0 Å². The van der Waals surface area contributed by atoms with Crippen molar-refractivity contribution < 1.29 is 19.0 Å². The standard InChI is InChI=1S/C17H28O4/c1-8-9-17(19-7)15(12(4)5)21-14(10-11(2)3)16(17)20-13(6)18/h9,11-12,14-16H,1,10H2,2-7H3/t14-,15+,16-,17+/m1/s1. The molecule has 0 aromatic rings. The number of hydrogen-bond donors (Lipinski definition) is 0. The van der Waals surface area contributed by atoms with Crippen LogP contribution in [0.3, 0.4) is 0 Å². The molecule has 4 heteroatoms. The van der Waals surface area contributed by atoms with Gasteiger partial charge in [-0.15, -0.1) is 5.73 Å². The van der Waals surface area contributed by atoms with Crippen molar-refractivity contribution in [3.8, 4) is 0 Å². The number of hydrogen-bond acceptors (Lipinski definition) is 4. The molecule has 1 rings (SSSR count). The molecule has 4 nitrogen and oxygen atoms in total. The zero-order valence-electron chi connectivity index (χ0n) is 14.0. The van der Waals surface area contributed by atoms with Crippen LogP contribution in [-0.4, -0.2) is 37.0 Å². The number of ether oxygens (including phenoxy) is 3. The van der Waals surface area contributed by atoms with Gasteiger partial charge in [0.15, 0.2) is 11.7 Å². The number of rotatable bonds is 6. The molecule has 0 N–H and O–H groups in total. The highest BCUT2D eigenvalue weighted by Gasteiger charge is 2.58. The normalized spacial score (nSPS) is 32.3. The average Bonchev–Trinajstić information content (AvgIpc) is 2.64. The van der Waals surface area contributed by atoms with Crippen molar-refractivity contribution in [3.05, 3.63) is 18.4 Å². The Hall–Kier alpha value is -1.09. The fourth-order valence-corrected chi connectivity index (χ4v) is 3.10. The van der Waals surface area contributed by atoms with E-state index in [1.54, 1.807) is 13.2 Å². The van der Waals surface area contributed by atoms with Crippen LogP contribution in [0.2, 0.25) is 0 Å². The summed E-state index contributed by atoms with van der Waals surface area (Å²) < 4.78 is 17.6. The largest absolute Gasteiger partial charge is 0.456 e. The molecule has 4 atom stereocenters. The highest BCUT2D eigenvalue weighted by atomic mass is 16.6. The molecule has 120 valence electrons. The van der Waals surface area contributed by atoms with Gasteiger partial charge in [0.25, 0.3) is 0 Å². The van der Waals surface area contributed by atoms with Gasteiger partial charge in [0.1, 0.15) is 0 Å². The van der Waals surface area contributed by atoms with Gasteiger partial charge < -0.3 is 14.2 Å². The summed E-state index contributed by atoms with van der Waals surface area (Å²) in [4.78, 5) is 11.5. The highest BCUT2D eigenvalue weighted by Crippen LogP contribution is 2.42. The Labute approximate surface area is 128 Å². The third kappa shape index (κ3) is 3.76. The molecule has 0 unspecified atom stereocenters. The summed E-state index contributed by atoms with van der Waals surface area (Å²) >= 11 is 0. The summed E-state index contributed by atoms with van der Waals surface area (Å²) in [6.07, 6.45) is 1.67. The molecular weight excluding hydrogens is 268 g/mol. The Kier molecular flexibility index (Phi) is 6.21. The summed E-state index contributed by atoms with van der Waals surface area (Å²) in [5.41, 5.74) is 1.96. The van der Waals surface area contributed by atoms with Gasteiger partial charge in [0.05, 0.1) is 12.2 Å². The first-order valence-electron chi connectivity index (χ1n) is 7.53. The van der Waals surface area contributed by atoms with Crippen LogP contribution in [0, 0.1) is 11.8 Å². The van der Waals surface area contributed by atoms with Gasteiger partial charge in [-0.3, -0.25) is 4.79 Å². The molecule has 0 amide bonds. The Morgan fingerprint density at radius 1 is 1.43 bits per heavy atom. The molecule has 1 aliphatic rings. The van der Waals surface area contributed by atoms with Crippen LogP contribution in [0.4, 0.5) is 0 Å². The monoisotopic (exact) mass is 296 g/mol. The van der Waals surface area contributed by atoms with Crippen LogP contribution in [0.5, 0.6) is 0 Å². The van der Waals surface area contributed by atoms with Gasteiger partial charge in [-0.05, 0) is 24.3 Å². The van der Waals surface area contributed by atoms with Crippen LogP contribution in [0.15, 0.2) is 18.4 Å². The van der Waals surface area contributed by atoms with Crippen molar-refractivity contribution in [1.82, 2.24) is 0 Å². The van der Waals surface area contributed by atoms with Crippen LogP contribution < -0.4 is 0 Å². The zero-order chi connectivity index (χ0) is 16.2. The maximum absolute atomic E-state index is 11.5. The van der Waals surface area contributed by atoms with E-state index in [2.05, 4.69) is 40.0 Å². The Balaban J connectivity index is 3.27.